The van der Waals surface area contributed by atoms with Gasteiger partial charge in [0.15, 0.2) is 5.69 Å². The molecule has 5 heteroatoms. The van der Waals surface area contributed by atoms with Gasteiger partial charge in [-0.05, 0) is 30.0 Å². The number of thiazole rings is 1. The van der Waals surface area contributed by atoms with Crippen LogP contribution in [-0.2, 0) is 12.8 Å². The SMILES string of the molecule is O=C(O)c1csc(Cc2ccc3c(c2)CCCO3)n1. The van der Waals surface area contributed by atoms with Gasteiger partial charge < -0.3 is 9.84 Å². The molecule has 0 saturated carbocycles. The predicted molar refractivity (Wildman–Crippen MR) is 72.1 cm³/mol. The molecule has 3 rings (SSSR count). The maximum atomic E-state index is 10.8. The molecule has 0 saturated heterocycles. The van der Waals surface area contributed by atoms with Crippen LogP contribution >= 0.6 is 11.3 Å². The summed E-state index contributed by atoms with van der Waals surface area (Å²) in [6, 6.07) is 6.15. The zero-order valence-corrected chi connectivity index (χ0v) is 11.1. The van der Waals surface area contributed by atoms with Crippen molar-refractivity contribution >= 4 is 17.3 Å². The van der Waals surface area contributed by atoms with E-state index in [1.54, 1.807) is 5.38 Å². The number of carbonyl (C=O) groups is 1. The van der Waals surface area contributed by atoms with Crippen molar-refractivity contribution in [2.24, 2.45) is 0 Å². The molecule has 1 N–H and O–H groups in total. The van der Waals surface area contributed by atoms with Gasteiger partial charge in [-0.15, -0.1) is 11.3 Å². The lowest BCUT2D eigenvalue weighted by atomic mass is 10.0. The molecule has 1 aliphatic heterocycles. The van der Waals surface area contributed by atoms with Crippen LogP contribution < -0.4 is 4.74 Å². The summed E-state index contributed by atoms with van der Waals surface area (Å²) in [6.07, 6.45) is 2.77. The third kappa shape index (κ3) is 2.61. The second kappa shape index (κ2) is 5.01. The fraction of sp³-hybridized carbons (Fsp3) is 0.286. The number of rotatable bonds is 3. The zero-order valence-electron chi connectivity index (χ0n) is 10.3. The lowest BCUT2D eigenvalue weighted by Gasteiger charge is -2.17. The molecule has 98 valence electrons. The number of ether oxygens (including phenoxy) is 1. The Labute approximate surface area is 114 Å². The average molecular weight is 275 g/mol. The summed E-state index contributed by atoms with van der Waals surface area (Å²) < 4.78 is 5.57. The van der Waals surface area contributed by atoms with Crippen LogP contribution in [0.3, 0.4) is 0 Å². The highest BCUT2D eigenvalue weighted by Crippen LogP contribution is 2.26. The summed E-state index contributed by atoms with van der Waals surface area (Å²) in [5, 5.41) is 11.3. The van der Waals surface area contributed by atoms with Gasteiger partial charge in [0.1, 0.15) is 5.75 Å². The Hall–Kier alpha value is -1.88. The molecule has 19 heavy (non-hydrogen) atoms. The lowest BCUT2D eigenvalue weighted by Crippen LogP contribution is -2.08. The number of nitrogens with zero attached hydrogens (tertiary/aromatic N) is 1. The van der Waals surface area contributed by atoms with E-state index in [-0.39, 0.29) is 5.69 Å². The Balaban J connectivity index is 1.80. The summed E-state index contributed by atoms with van der Waals surface area (Å²) >= 11 is 1.39. The first-order valence-corrected chi connectivity index (χ1v) is 7.02. The Morgan fingerprint density at radius 1 is 1.47 bits per heavy atom. The fourth-order valence-electron chi connectivity index (χ4n) is 2.19. The molecule has 1 aromatic carbocycles. The van der Waals surface area contributed by atoms with Crippen molar-refractivity contribution in [3.05, 3.63) is 45.4 Å². The largest absolute Gasteiger partial charge is 0.493 e. The highest BCUT2D eigenvalue weighted by molar-refractivity contribution is 7.09. The molecule has 0 amide bonds. The number of aryl methyl sites for hydroxylation is 1. The maximum absolute atomic E-state index is 10.8. The van der Waals surface area contributed by atoms with E-state index in [1.165, 1.54) is 16.9 Å². The summed E-state index contributed by atoms with van der Waals surface area (Å²) in [5.74, 6) is 0.00158. The zero-order chi connectivity index (χ0) is 13.2. The van der Waals surface area contributed by atoms with Crippen LogP contribution in [0.15, 0.2) is 23.6 Å². The fourth-order valence-corrected chi connectivity index (χ4v) is 2.99. The molecule has 0 aliphatic carbocycles. The van der Waals surface area contributed by atoms with E-state index in [1.807, 2.05) is 12.1 Å². The quantitative estimate of drug-likeness (QED) is 0.935. The van der Waals surface area contributed by atoms with Gasteiger partial charge in [-0.1, -0.05) is 12.1 Å². The van der Waals surface area contributed by atoms with Crippen molar-refractivity contribution in [2.45, 2.75) is 19.3 Å². The van der Waals surface area contributed by atoms with Gasteiger partial charge in [0.05, 0.1) is 11.6 Å². The van der Waals surface area contributed by atoms with Crippen molar-refractivity contribution < 1.29 is 14.6 Å². The van der Waals surface area contributed by atoms with E-state index >= 15 is 0 Å². The first-order valence-electron chi connectivity index (χ1n) is 6.14. The summed E-state index contributed by atoms with van der Waals surface area (Å²) in [4.78, 5) is 14.9. The number of carboxylic acids is 1. The van der Waals surface area contributed by atoms with Gasteiger partial charge >= 0.3 is 5.97 Å². The van der Waals surface area contributed by atoms with Crippen LogP contribution in [-0.4, -0.2) is 22.7 Å². The molecule has 2 aromatic rings. The van der Waals surface area contributed by atoms with E-state index in [2.05, 4.69) is 11.1 Å². The van der Waals surface area contributed by atoms with E-state index in [0.717, 1.165) is 35.8 Å². The molecule has 0 atom stereocenters. The van der Waals surface area contributed by atoms with Gasteiger partial charge in [-0.25, -0.2) is 9.78 Å². The van der Waals surface area contributed by atoms with Gasteiger partial charge in [-0.3, -0.25) is 0 Å². The molecule has 0 fully saturated rings. The highest BCUT2D eigenvalue weighted by Gasteiger charge is 2.12. The minimum atomic E-state index is -0.971. The van der Waals surface area contributed by atoms with Gasteiger partial charge in [0, 0.05) is 11.8 Å². The topological polar surface area (TPSA) is 59.4 Å². The van der Waals surface area contributed by atoms with E-state index in [4.69, 9.17) is 9.84 Å². The Morgan fingerprint density at radius 3 is 3.16 bits per heavy atom. The number of benzene rings is 1. The number of hydrogen-bond donors (Lipinski definition) is 1. The van der Waals surface area contributed by atoms with E-state index < -0.39 is 5.97 Å². The Morgan fingerprint density at radius 2 is 2.37 bits per heavy atom. The summed E-state index contributed by atoms with van der Waals surface area (Å²) in [7, 11) is 0. The molecule has 1 aromatic heterocycles. The van der Waals surface area contributed by atoms with Crippen molar-refractivity contribution in [1.29, 1.82) is 0 Å². The van der Waals surface area contributed by atoms with Crippen molar-refractivity contribution in [3.63, 3.8) is 0 Å². The molecule has 0 spiro atoms. The van der Waals surface area contributed by atoms with Crippen LogP contribution in [0, 0.1) is 0 Å². The number of fused-ring (bicyclic) bond motifs is 1. The van der Waals surface area contributed by atoms with Crippen molar-refractivity contribution in [1.82, 2.24) is 4.98 Å². The van der Waals surface area contributed by atoms with Crippen LogP contribution in [0.2, 0.25) is 0 Å². The van der Waals surface area contributed by atoms with Crippen LogP contribution in [0.5, 0.6) is 5.75 Å². The van der Waals surface area contributed by atoms with Crippen molar-refractivity contribution in [3.8, 4) is 5.75 Å². The second-order valence-corrected chi connectivity index (χ2v) is 5.45. The first-order chi connectivity index (χ1) is 9.22. The van der Waals surface area contributed by atoms with Crippen LogP contribution in [0.4, 0.5) is 0 Å². The molecular weight excluding hydrogens is 262 g/mol. The standard InChI is InChI=1S/C14H13NO3S/c16-14(17)11-8-19-13(15-11)7-9-3-4-12-10(6-9)2-1-5-18-12/h3-4,6,8H,1-2,5,7H2,(H,16,17). The van der Waals surface area contributed by atoms with Crippen molar-refractivity contribution in [2.75, 3.05) is 6.61 Å². The predicted octanol–water partition coefficient (Wildman–Crippen LogP) is 2.76. The number of aromatic nitrogens is 1. The maximum Gasteiger partial charge on any atom is 0.355 e. The summed E-state index contributed by atoms with van der Waals surface area (Å²) in [6.45, 7) is 0.792. The molecule has 1 aliphatic rings. The lowest BCUT2D eigenvalue weighted by molar-refractivity contribution is 0.0691. The molecule has 0 radical (unpaired) electrons. The number of aromatic carboxylic acids is 1. The Bertz CT molecular complexity index is 621. The van der Waals surface area contributed by atoms with Crippen LogP contribution in [0.25, 0.3) is 0 Å². The number of carboxylic acid groups (broad SMARTS) is 1. The van der Waals surface area contributed by atoms with Crippen LogP contribution in [0.1, 0.15) is 33.0 Å². The number of hydrogen-bond acceptors (Lipinski definition) is 4. The minimum Gasteiger partial charge on any atom is -0.493 e. The molecule has 0 bridgehead atoms. The minimum absolute atomic E-state index is 0.126. The van der Waals surface area contributed by atoms with Gasteiger partial charge in [0.25, 0.3) is 0 Å². The first kappa shape index (κ1) is 12.2. The molecular formula is C14H13NO3S. The highest BCUT2D eigenvalue weighted by atomic mass is 32.1. The van der Waals surface area contributed by atoms with E-state index in [9.17, 15) is 4.79 Å². The molecule has 4 nitrogen and oxygen atoms in total. The molecule has 0 unspecified atom stereocenters. The second-order valence-electron chi connectivity index (χ2n) is 4.50. The van der Waals surface area contributed by atoms with Gasteiger partial charge in [0.2, 0.25) is 0 Å². The molecule has 2 heterocycles. The summed E-state index contributed by atoms with van der Waals surface area (Å²) in [5.41, 5.74) is 2.51. The van der Waals surface area contributed by atoms with E-state index in [0.29, 0.717) is 6.42 Å². The normalized spacial score (nSPS) is 13.7. The monoisotopic (exact) mass is 275 g/mol. The Kier molecular flexibility index (Phi) is 3.21. The van der Waals surface area contributed by atoms with Gasteiger partial charge in [-0.2, -0.15) is 0 Å². The third-order valence-corrected chi connectivity index (χ3v) is 3.95. The smallest absolute Gasteiger partial charge is 0.355 e. The average Bonchev–Trinajstić information content (AvgIpc) is 2.87. The third-order valence-electron chi connectivity index (χ3n) is 3.10.